The maximum atomic E-state index is 4.18. The second-order valence-corrected chi connectivity index (χ2v) is 4.25. The number of pyridine rings is 1. The van der Waals surface area contributed by atoms with Crippen molar-refractivity contribution < 1.29 is 0 Å². The highest BCUT2D eigenvalue weighted by molar-refractivity contribution is 7.99. The van der Waals surface area contributed by atoms with Crippen LogP contribution in [0.1, 0.15) is 13.3 Å². The van der Waals surface area contributed by atoms with E-state index in [1.807, 2.05) is 30.0 Å². The third-order valence-corrected chi connectivity index (χ3v) is 2.96. The Morgan fingerprint density at radius 3 is 3.00 bits per heavy atom. The Labute approximate surface area is 84.1 Å². The number of nitrogens with one attached hydrogen (secondary N) is 1. The molecule has 1 rings (SSSR count). The lowest BCUT2D eigenvalue weighted by Gasteiger charge is -2.08. The standard InChI is InChI=1S/C10H16N2S/c1-9(13-2)6-8-12-10-5-3-4-7-11-10/h3-5,7,9H,6,8H2,1-2H3,(H,11,12). The zero-order valence-electron chi connectivity index (χ0n) is 8.16. The molecule has 13 heavy (non-hydrogen) atoms. The smallest absolute Gasteiger partial charge is 0.125 e. The van der Waals surface area contributed by atoms with E-state index in [-0.39, 0.29) is 0 Å². The third kappa shape index (κ3) is 4.18. The van der Waals surface area contributed by atoms with E-state index in [9.17, 15) is 0 Å². The fourth-order valence-electron chi connectivity index (χ4n) is 0.989. The fraction of sp³-hybridized carbons (Fsp3) is 0.500. The summed E-state index contributed by atoms with van der Waals surface area (Å²) >= 11 is 1.90. The van der Waals surface area contributed by atoms with E-state index in [1.54, 1.807) is 6.20 Å². The summed E-state index contributed by atoms with van der Waals surface area (Å²) in [6.07, 6.45) is 5.13. The minimum atomic E-state index is 0.719. The van der Waals surface area contributed by atoms with Crippen LogP contribution >= 0.6 is 11.8 Å². The van der Waals surface area contributed by atoms with Crippen LogP contribution in [-0.4, -0.2) is 23.0 Å². The van der Waals surface area contributed by atoms with Gasteiger partial charge in [-0.2, -0.15) is 11.8 Å². The van der Waals surface area contributed by atoms with Crippen LogP contribution in [0.2, 0.25) is 0 Å². The first-order valence-corrected chi connectivity index (χ1v) is 5.79. The summed E-state index contributed by atoms with van der Waals surface area (Å²) in [7, 11) is 0. The summed E-state index contributed by atoms with van der Waals surface area (Å²) in [4.78, 5) is 4.18. The van der Waals surface area contributed by atoms with E-state index in [1.165, 1.54) is 6.42 Å². The molecule has 72 valence electrons. The second-order valence-electron chi connectivity index (χ2n) is 2.98. The van der Waals surface area contributed by atoms with Gasteiger partial charge in [-0.25, -0.2) is 4.98 Å². The number of hydrogen-bond donors (Lipinski definition) is 1. The molecule has 0 aliphatic rings. The van der Waals surface area contributed by atoms with Crippen molar-refractivity contribution in [3.05, 3.63) is 24.4 Å². The van der Waals surface area contributed by atoms with Gasteiger partial charge < -0.3 is 5.32 Å². The van der Waals surface area contributed by atoms with E-state index in [0.717, 1.165) is 17.6 Å². The van der Waals surface area contributed by atoms with Crippen LogP contribution in [0, 0.1) is 0 Å². The molecule has 0 fully saturated rings. The van der Waals surface area contributed by atoms with E-state index >= 15 is 0 Å². The van der Waals surface area contributed by atoms with Gasteiger partial charge in [0.25, 0.3) is 0 Å². The normalized spacial score (nSPS) is 12.5. The highest BCUT2D eigenvalue weighted by atomic mass is 32.2. The molecule has 1 atom stereocenters. The second kappa shape index (κ2) is 5.86. The molecule has 2 nitrogen and oxygen atoms in total. The van der Waals surface area contributed by atoms with Gasteiger partial charge in [0.05, 0.1) is 0 Å². The zero-order valence-corrected chi connectivity index (χ0v) is 8.97. The number of nitrogens with zero attached hydrogens (tertiary/aromatic N) is 1. The molecule has 1 unspecified atom stereocenters. The molecule has 0 spiro atoms. The van der Waals surface area contributed by atoms with Gasteiger partial charge in [0.15, 0.2) is 0 Å². The first kappa shape index (κ1) is 10.4. The molecular formula is C10H16N2S. The summed E-state index contributed by atoms with van der Waals surface area (Å²) < 4.78 is 0. The van der Waals surface area contributed by atoms with Crippen molar-refractivity contribution in [2.24, 2.45) is 0 Å². The Morgan fingerprint density at radius 1 is 1.54 bits per heavy atom. The van der Waals surface area contributed by atoms with Crippen LogP contribution in [0.15, 0.2) is 24.4 Å². The van der Waals surface area contributed by atoms with Crippen LogP contribution < -0.4 is 5.32 Å². The molecule has 0 aromatic carbocycles. The quantitative estimate of drug-likeness (QED) is 0.783. The molecular weight excluding hydrogens is 180 g/mol. The molecule has 1 heterocycles. The minimum Gasteiger partial charge on any atom is -0.370 e. The predicted molar refractivity (Wildman–Crippen MR) is 60.3 cm³/mol. The molecule has 0 aliphatic heterocycles. The van der Waals surface area contributed by atoms with Crippen LogP contribution in [0.4, 0.5) is 5.82 Å². The highest BCUT2D eigenvalue weighted by Gasteiger charge is 1.98. The summed E-state index contributed by atoms with van der Waals surface area (Å²) in [6, 6.07) is 5.91. The van der Waals surface area contributed by atoms with Gasteiger partial charge in [0, 0.05) is 18.0 Å². The maximum Gasteiger partial charge on any atom is 0.125 e. The Kier molecular flexibility index (Phi) is 4.68. The van der Waals surface area contributed by atoms with Gasteiger partial charge in [-0.3, -0.25) is 0 Å². The van der Waals surface area contributed by atoms with Crippen molar-refractivity contribution in [2.45, 2.75) is 18.6 Å². The summed E-state index contributed by atoms with van der Waals surface area (Å²) in [5.74, 6) is 0.968. The number of anilines is 1. The van der Waals surface area contributed by atoms with E-state index in [0.29, 0.717) is 0 Å². The van der Waals surface area contributed by atoms with Crippen molar-refractivity contribution in [3.8, 4) is 0 Å². The van der Waals surface area contributed by atoms with Crippen molar-refractivity contribution in [2.75, 3.05) is 18.1 Å². The number of rotatable bonds is 5. The number of hydrogen-bond acceptors (Lipinski definition) is 3. The van der Waals surface area contributed by atoms with Crippen LogP contribution in [0.5, 0.6) is 0 Å². The van der Waals surface area contributed by atoms with Crippen LogP contribution in [0.3, 0.4) is 0 Å². The molecule has 1 N–H and O–H groups in total. The molecule has 3 heteroatoms. The van der Waals surface area contributed by atoms with E-state index in [4.69, 9.17) is 0 Å². The van der Waals surface area contributed by atoms with Gasteiger partial charge in [-0.1, -0.05) is 13.0 Å². The number of aromatic nitrogens is 1. The summed E-state index contributed by atoms with van der Waals surface area (Å²) in [5.41, 5.74) is 0. The average molecular weight is 196 g/mol. The molecule has 0 bridgehead atoms. The van der Waals surface area contributed by atoms with Gasteiger partial charge in [0.2, 0.25) is 0 Å². The van der Waals surface area contributed by atoms with E-state index in [2.05, 4.69) is 23.5 Å². The lowest BCUT2D eigenvalue weighted by molar-refractivity contribution is 0.850. The Morgan fingerprint density at radius 2 is 2.38 bits per heavy atom. The predicted octanol–water partition coefficient (Wildman–Crippen LogP) is 2.64. The Hall–Kier alpha value is -0.700. The topological polar surface area (TPSA) is 24.9 Å². The van der Waals surface area contributed by atoms with Gasteiger partial charge in [0.1, 0.15) is 5.82 Å². The molecule has 1 aromatic rings. The molecule has 1 aromatic heterocycles. The van der Waals surface area contributed by atoms with Gasteiger partial charge >= 0.3 is 0 Å². The molecule has 0 saturated carbocycles. The molecule has 0 radical (unpaired) electrons. The number of thioether (sulfide) groups is 1. The average Bonchev–Trinajstić information content (AvgIpc) is 2.19. The zero-order chi connectivity index (χ0) is 9.52. The highest BCUT2D eigenvalue weighted by Crippen LogP contribution is 2.09. The van der Waals surface area contributed by atoms with Crippen LogP contribution in [0.25, 0.3) is 0 Å². The van der Waals surface area contributed by atoms with Crippen molar-refractivity contribution in [1.82, 2.24) is 4.98 Å². The summed E-state index contributed by atoms with van der Waals surface area (Å²) in [5, 5.41) is 4.00. The first-order chi connectivity index (χ1) is 6.33. The maximum absolute atomic E-state index is 4.18. The van der Waals surface area contributed by atoms with Crippen molar-refractivity contribution >= 4 is 17.6 Å². The van der Waals surface area contributed by atoms with Gasteiger partial charge in [-0.15, -0.1) is 0 Å². The third-order valence-electron chi connectivity index (χ3n) is 1.92. The Balaban J connectivity index is 2.20. The summed E-state index contributed by atoms with van der Waals surface area (Å²) in [6.45, 7) is 3.24. The van der Waals surface area contributed by atoms with Gasteiger partial charge in [-0.05, 0) is 24.8 Å². The molecule has 0 saturated heterocycles. The van der Waals surface area contributed by atoms with Crippen molar-refractivity contribution in [3.63, 3.8) is 0 Å². The van der Waals surface area contributed by atoms with Crippen LogP contribution in [-0.2, 0) is 0 Å². The SMILES string of the molecule is CSC(C)CCNc1ccccn1. The Bertz CT molecular complexity index is 226. The largest absolute Gasteiger partial charge is 0.370 e. The fourth-order valence-corrected chi connectivity index (χ4v) is 1.34. The molecule has 0 aliphatic carbocycles. The molecule has 0 amide bonds. The minimum absolute atomic E-state index is 0.719. The lowest BCUT2D eigenvalue weighted by Crippen LogP contribution is -2.08. The van der Waals surface area contributed by atoms with Crippen molar-refractivity contribution in [1.29, 1.82) is 0 Å². The first-order valence-electron chi connectivity index (χ1n) is 4.50. The van der Waals surface area contributed by atoms with E-state index < -0.39 is 0 Å². The monoisotopic (exact) mass is 196 g/mol. The lowest BCUT2D eigenvalue weighted by atomic mass is 10.3.